The van der Waals surface area contributed by atoms with E-state index in [4.69, 9.17) is 5.73 Å². The van der Waals surface area contributed by atoms with Crippen LogP contribution in [-0.2, 0) is 6.54 Å². The van der Waals surface area contributed by atoms with Gasteiger partial charge in [0.05, 0.1) is 5.56 Å². The largest absolute Gasteiger partial charge is 0.366 e. The third-order valence-corrected chi connectivity index (χ3v) is 4.52. The number of rotatable bonds is 4. The van der Waals surface area contributed by atoms with E-state index in [2.05, 4.69) is 12.2 Å². The summed E-state index contributed by atoms with van der Waals surface area (Å²) in [6.07, 6.45) is 6.51. The summed E-state index contributed by atoms with van der Waals surface area (Å²) in [4.78, 5) is 12.2. The summed E-state index contributed by atoms with van der Waals surface area (Å²) in [6.45, 7) is 3.14. The van der Waals surface area contributed by atoms with Crippen molar-refractivity contribution in [2.75, 3.05) is 0 Å². The monoisotopic (exact) mass is 252 g/mol. The first-order chi connectivity index (χ1) is 8.09. The van der Waals surface area contributed by atoms with Gasteiger partial charge in [0.2, 0.25) is 5.91 Å². The van der Waals surface area contributed by atoms with Gasteiger partial charge in [-0.3, -0.25) is 4.79 Å². The van der Waals surface area contributed by atoms with Crippen molar-refractivity contribution in [3.8, 4) is 0 Å². The molecular formula is C13H20N2OS. The van der Waals surface area contributed by atoms with Crippen molar-refractivity contribution in [2.24, 2.45) is 5.73 Å². The fourth-order valence-corrected chi connectivity index (χ4v) is 3.22. The minimum absolute atomic E-state index is 0.273. The highest BCUT2D eigenvalue weighted by Gasteiger charge is 2.25. The Morgan fingerprint density at radius 2 is 2.18 bits per heavy atom. The molecule has 2 rings (SSSR count). The Bertz CT molecular complexity index is 394. The normalized spacial score (nSPS) is 19.1. The molecule has 3 nitrogen and oxygen atoms in total. The second-order valence-corrected chi connectivity index (χ2v) is 6.14. The van der Waals surface area contributed by atoms with Gasteiger partial charge in [-0.05, 0) is 25.8 Å². The number of amides is 1. The fourth-order valence-electron chi connectivity index (χ4n) is 2.41. The number of thiophene rings is 1. The van der Waals surface area contributed by atoms with Crippen LogP contribution in [0.4, 0.5) is 0 Å². The van der Waals surface area contributed by atoms with Crippen molar-refractivity contribution in [1.29, 1.82) is 0 Å². The first-order valence-corrected chi connectivity index (χ1v) is 7.09. The molecule has 1 amide bonds. The van der Waals surface area contributed by atoms with E-state index >= 15 is 0 Å². The summed E-state index contributed by atoms with van der Waals surface area (Å²) in [5.41, 5.74) is 6.14. The van der Waals surface area contributed by atoms with Gasteiger partial charge in [-0.2, -0.15) is 0 Å². The van der Waals surface area contributed by atoms with E-state index in [-0.39, 0.29) is 11.4 Å². The van der Waals surface area contributed by atoms with Crippen molar-refractivity contribution >= 4 is 17.2 Å². The van der Waals surface area contributed by atoms with Gasteiger partial charge in [-0.25, -0.2) is 0 Å². The van der Waals surface area contributed by atoms with Crippen molar-refractivity contribution < 1.29 is 4.79 Å². The zero-order chi connectivity index (χ0) is 12.3. The van der Waals surface area contributed by atoms with Gasteiger partial charge in [0.15, 0.2) is 0 Å². The summed E-state index contributed by atoms with van der Waals surface area (Å²) >= 11 is 1.60. The maximum atomic E-state index is 11.0. The lowest BCUT2D eigenvalue weighted by Gasteiger charge is -2.34. The van der Waals surface area contributed by atoms with Crippen LogP contribution >= 0.6 is 11.3 Å². The molecule has 4 heteroatoms. The number of nitrogens with two attached hydrogens (primary N) is 1. The zero-order valence-corrected chi connectivity index (χ0v) is 11.1. The van der Waals surface area contributed by atoms with Gasteiger partial charge in [-0.15, -0.1) is 11.3 Å². The summed E-state index contributed by atoms with van der Waals surface area (Å²) in [7, 11) is 0. The lowest BCUT2D eigenvalue weighted by Crippen LogP contribution is -2.43. The highest BCUT2D eigenvalue weighted by molar-refractivity contribution is 7.10. The Hall–Kier alpha value is -0.870. The number of primary amides is 1. The van der Waals surface area contributed by atoms with E-state index in [0.29, 0.717) is 5.56 Å². The molecule has 1 heterocycles. The Morgan fingerprint density at radius 1 is 1.47 bits per heavy atom. The molecule has 1 aliphatic carbocycles. The predicted octanol–water partition coefficient (Wildman–Crippen LogP) is 2.66. The topological polar surface area (TPSA) is 55.1 Å². The van der Waals surface area contributed by atoms with Crippen LogP contribution in [-0.4, -0.2) is 11.4 Å². The zero-order valence-electron chi connectivity index (χ0n) is 10.3. The van der Waals surface area contributed by atoms with E-state index in [1.54, 1.807) is 11.3 Å². The van der Waals surface area contributed by atoms with Gasteiger partial charge < -0.3 is 11.1 Å². The Kier molecular flexibility index (Phi) is 3.84. The number of carbonyl (C=O) groups is 1. The van der Waals surface area contributed by atoms with Gasteiger partial charge in [-0.1, -0.05) is 19.3 Å². The number of hydrogen-bond acceptors (Lipinski definition) is 3. The first kappa shape index (κ1) is 12.6. The Morgan fingerprint density at radius 3 is 2.76 bits per heavy atom. The summed E-state index contributed by atoms with van der Waals surface area (Å²) in [6, 6.07) is 1.90. The molecule has 1 fully saturated rings. The van der Waals surface area contributed by atoms with Crippen LogP contribution in [0, 0.1) is 0 Å². The molecule has 0 saturated heterocycles. The van der Waals surface area contributed by atoms with Crippen LogP contribution in [0.5, 0.6) is 0 Å². The molecule has 0 radical (unpaired) electrons. The second kappa shape index (κ2) is 5.19. The van der Waals surface area contributed by atoms with Crippen molar-refractivity contribution in [1.82, 2.24) is 5.32 Å². The minimum Gasteiger partial charge on any atom is -0.366 e. The predicted molar refractivity (Wildman–Crippen MR) is 71.2 cm³/mol. The lowest BCUT2D eigenvalue weighted by atomic mass is 9.83. The highest BCUT2D eigenvalue weighted by atomic mass is 32.1. The standard InChI is InChI=1S/C13H20N2OS/c1-13(5-3-2-4-6-13)15-8-11-7-10(9-17-11)12(14)16/h7,9,15H,2-6,8H2,1H3,(H2,14,16). The van der Waals surface area contributed by atoms with E-state index in [1.807, 2.05) is 11.4 Å². The second-order valence-electron chi connectivity index (χ2n) is 5.14. The minimum atomic E-state index is -0.337. The number of nitrogens with one attached hydrogen (secondary N) is 1. The van der Waals surface area contributed by atoms with Gasteiger partial charge in [0.1, 0.15) is 0 Å². The van der Waals surface area contributed by atoms with Crippen LogP contribution in [0.3, 0.4) is 0 Å². The average Bonchev–Trinajstić information content (AvgIpc) is 2.76. The van der Waals surface area contributed by atoms with Crippen molar-refractivity contribution in [3.05, 3.63) is 21.9 Å². The molecule has 1 saturated carbocycles. The van der Waals surface area contributed by atoms with Gasteiger partial charge >= 0.3 is 0 Å². The molecule has 1 aliphatic rings. The molecule has 1 aromatic heterocycles. The maximum Gasteiger partial charge on any atom is 0.249 e. The Labute approximate surface area is 106 Å². The van der Waals surface area contributed by atoms with Crippen molar-refractivity contribution in [3.63, 3.8) is 0 Å². The fraction of sp³-hybridized carbons (Fsp3) is 0.615. The van der Waals surface area contributed by atoms with Crippen LogP contribution in [0.2, 0.25) is 0 Å². The SMILES string of the molecule is CC1(NCc2cc(C(N)=O)cs2)CCCCC1. The third kappa shape index (κ3) is 3.30. The van der Waals surface area contributed by atoms with Crippen LogP contribution in [0.1, 0.15) is 54.3 Å². The number of carbonyl (C=O) groups excluding carboxylic acids is 1. The molecule has 0 aliphatic heterocycles. The molecule has 0 atom stereocenters. The van der Waals surface area contributed by atoms with Crippen LogP contribution < -0.4 is 11.1 Å². The smallest absolute Gasteiger partial charge is 0.249 e. The maximum absolute atomic E-state index is 11.0. The molecule has 1 aromatic rings. The molecule has 3 N–H and O–H groups in total. The molecule has 94 valence electrons. The lowest BCUT2D eigenvalue weighted by molar-refractivity contribution is 0.100. The third-order valence-electron chi connectivity index (χ3n) is 3.58. The van der Waals surface area contributed by atoms with Crippen LogP contribution in [0.15, 0.2) is 11.4 Å². The summed E-state index contributed by atoms with van der Waals surface area (Å²) in [5.74, 6) is -0.337. The summed E-state index contributed by atoms with van der Waals surface area (Å²) in [5, 5.41) is 5.46. The molecule has 0 aromatic carbocycles. The average molecular weight is 252 g/mol. The Balaban J connectivity index is 1.90. The first-order valence-electron chi connectivity index (χ1n) is 6.21. The van der Waals surface area contributed by atoms with E-state index in [0.717, 1.165) is 6.54 Å². The van der Waals surface area contributed by atoms with E-state index < -0.39 is 0 Å². The number of hydrogen-bond donors (Lipinski definition) is 2. The molecule has 0 spiro atoms. The van der Waals surface area contributed by atoms with E-state index in [9.17, 15) is 4.79 Å². The van der Waals surface area contributed by atoms with Crippen LogP contribution in [0.25, 0.3) is 0 Å². The quantitative estimate of drug-likeness (QED) is 0.865. The highest BCUT2D eigenvalue weighted by Crippen LogP contribution is 2.28. The molecule has 17 heavy (non-hydrogen) atoms. The molecule has 0 unspecified atom stereocenters. The van der Waals surface area contributed by atoms with E-state index in [1.165, 1.54) is 37.0 Å². The van der Waals surface area contributed by atoms with Gasteiger partial charge in [0, 0.05) is 22.3 Å². The van der Waals surface area contributed by atoms with Gasteiger partial charge in [0.25, 0.3) is 0 Å². The van der Waals surface area contributed by atoms with Crippen molar-refractivity contribution in [2.45, 2.75) is 51.1 Å². The molecular weight excluding hydrogens is 232 g/mol. The molecule has 0 bridgehead atoms. The summed E-state index contributed by atoms with van der Waals surface area (Å²) < 4.78 is 0.